The van der Waals surface area contributed by atoms with E-state index in [-0.39, 0.29) is 12.3 Å². The van der Waals surface area contributed by atoms with Crippen molar-refractivity contribution in [2.24, 2.45) is 4.99 Å². The van der Waals surface area contributed by atoms with Crippen LogP contribution in [0, 0.1) is 20.8 Å². The average Bonchev–Trinajstić information content (AvgIpc) is 3.38. The first-order valence-corrected chi connectivity index (χ1v) is 14.3. The molecule has 1 aliphatic rings. The summed E-state index contributed by atoms with van der Waals surface area (Å²) < 4.78 is 2.05. The quantitative estimate of drug-likeness (QED) is 0.309. The van der Waals surface area contributed by atoms with Crippen molar-refractivity contribution in [3.63, 3.8) is 0 Å². The van der Waals surface area contributed by atoms with Crippen LogP contribution in [0.2, 0.25) is 5.02 Å². The van der Waals surface area contributed by atoms with Crippen molar-refractivity contribution >= 4 is 40.6 Å². The van der Waals surface area contributed by atoms with Crippen LogP contribution >= 0.6 is 22.9 Å². The molecular weight excluding hydrogens is 536 g/mol. The fraction of sp³-hybridized carbons (Fsp3) is 0.464. The van der Waals surface area contributed by atoms with Gasteiger partial charge in [-0.05, 0) is 51.3 Å². The van der Waals surface area contributed by atoms with E-state index in [0.29, 0.717) is 23.9 Å². The summed E-state index contributed by atoms with van der Waals surface area (Å²) in [6.45, 7) is 7.29. The van der Waals surface area contributed by atoms with Crippen molar-refractivity contribution in [2.45, 2.75) is 58.9 Å². The number of carbonyl (C=O) groups is 2. The summed E-state index contributed by atoms with van der Waals surface area (Å²) >= 11 is 7.87. The summed E-state index contributed by atoms with van der Waals surface area (Å²) in [7, 11) is 3.40. The van der Waals surface area contributed by atoms with Gasteiger partial charge in [-0.15, -0.1) is 21.5 Å². The predicted octanol–water partition coefficient (Wildman–Crippen LogP) is 5.82. The molecule has 0 aliphatic carbocycles. The van der Waals surface area contributed by atoms with Gasteiger partial charge in [-0.25, -0.2) is 4.79 Å². The zero-order chi connectivity index (χ0) is 28.3. The minimum atomic E-state index is -0.910. The molecule has 1 aromatic carbocycles. The molecule has 3 aromatic rings. The minimum Gasteiger partial charge on any atom is -0.465 e. The van der Waals surface area contributed by atoms with Gasteiger partial charge in [-0.3, -0.25) is 14.4 Å². The first kappa shape index (κ1) is 28.8. The van der Waals surface area contributed by atoms with Gasteiger partial charge in [0.2, 0.25) is 5.91 Å². The molecule has 11 heteroatoms. The van der Waals surface area contributed by atoms with Gasteiger partial charge in [-0.2, -0.15) is 0 Å². The highest BCUT2D eigenvalue weighted by atomic mass is 35.5. The van der Waals surface area contributed by atoms with Gasteiger partial charge >= 0.3 is 6.09 Å². The Morgan fingerprint density at radius 2 is 1.64 bits per heavy atom. The maximum atomic E-state index is 13.4. The SMILES string of the molecule is Cc1sc2c(c1C)C(c1ccc(Cl)cc1)=N[C@@H](CC(=O)N(C)CCCCCCN(C)C(=O)O)c1nnc(C)n1-2. The number of hydrogen-bond acceptors (Lipinski definition) is 6. The third kappa shape index (κ3) is 6.33. The van der Waals surface area contributed by atoms with E-state index in [0.717, 1.165) is 58.9 Å². The van der Waals surface area contributed by atoms with Crippen LogP contribution in [0.3, 0.4) is 0 Å². The van der Waals surface area contributed by atoms with Crippen molar-refractivity contribution in [2.75, 3.05) is 27.2 Å². The van der Waals surface area contributed by atoms with Crippen LogP contribution in [-0.2, 0) is 4.79 Å². The molecule has 0 radical (unpaired) electrons. The third-order valence-electron chi connectivity index (χ3n) is 7.21. The van der Waals surface area contributed by atoms with Gasteiger partial charge in [0.25, 0.3) is 0 Å². The molecule has 9 nitrogen and oxygen atoms in total. The molecule has 208 valence electrons. The van der Waals surface area contributed by atoms with Crippen molar-refractivity contribution in [1.29, 1.82) is 0 Å². The molecule has 0 fully saturated rings. The molecule has 3 heterocycles. The second kappa shape index (κ2) is 12.3. The van der Waals surface area contributed by atoms with Gasteiger partial charge in [0, 0.05) is 48.2 Å². The Balaban J connectivity index is 1.53. The van der Waals surface area contributed by atoms with Crippen molar-refractivity contribution < 1.29 is 14.7 Å². The molecule has 0 saturated heterocycles. The maximum absolute atomic E-state index is 13.4. The van der Waals surface area contributed by atoms with Gasteiger partial charge in [0.15, 0.2) is 5.82 Å². The summed E-state index contributed by atoms with van der Waals surface area (Å²) in [5, 5.41) is 19.5. The highest BCUT2D eigenvalue weighted by Crippen LogP contribution is 2.39. The number of carbonyl (C=O) groups excluding carboxylic acids is 1. The Bertz CT molecular complexity index is 1380. The minimum absolute atomic E-state index is 0.00447. The number of fused-ring (bicyclic) bond motifs is 3. The summed E-state index contributed by atoms with van der Waals surface area (Å²) in [6, 6.07) is 7.17. The van der Waals surface area contributed by atoms with E-state index < -0.39 is 12.1 Å². The molecule has 1 atom stereocenters. The van der Waals surface area contributed by atoms with Crippen LogP contribution in [0.25, 0.3) is 5.00 Å². The average molecular weight is 571 g/mol. The molecule has 0 spiro atoms. The number of aromatic nitrogens is 3. The van der Waals surface area contributed by atoms with E-state index in [1.54, 1.807) is 23.3 Å². The van der Waals surface area contributed by atoms with E-state index in [9.17, 15) is 9.59 Å². The smallest absolute Gasteiger partial charge is 0.407 e. The number of amides is 2. The second-order valence-electron chi connectivity index (χ2n) is 10.0. The largest absolute Gasteiger partial charge is 0.465 e. The molecule has 0 saturated carbocycles. The molecule has 0 unspecified atom stereocenters. The summed E-state index contributed by atoms with van der Waals surface area (Å²) in [4.78, 5) is 33.7. The molecule has 2 amide bonds. The van der Waals surface area contributed by atoms with Crippen LogP contribution in [-0.4, -0.2) is 74.6 Å². The Labute approximate surface area is 238 Å². The molecule has 2 aromatic heterocycles. The van der Waals surface area contributed by atoms with Crippen molar-refractivity contribution in [1.82, 2.24) is 24.6 Å². The van der Waals surface area contributed by atoms with E-state index >= 15 is 0 Å². The predicted molar refractivity (Wildman–Crippen MR) is 155 cm³/mol. The van der Waals surface area contributed by atoms with Gasteiger partial charge in [0.05, 0.1) is 12.1 Å². The maximum Gasteiger partial charge on any atom is 0.407 e. The van der Waals surface area contributed by atoms with E-state index in [1.165, 1.54) is 9.78 Å². The number of benzene rings is 1. The zero-order valence-electron chi connectivity index (χ0n) is 23.1. The molecular formula is C28H35ClN6O3S. The zero-order valence-corrected chi connectivity index (χ0v) is 24.6. The molecule has 0 bridgehead atoms. The molecule has 4 rings (SSSR count). The van der Waals surface area contributed by atoms with E-state index in [4.69, 9.17) is 21.7 Å². The van der Waals surface area contributed by atoms with Crippen LogP contribution < -0.4 is 0 Å². The van der Waals surface area contributed by atoms with Gasteiger partial charge in [0.1, 0.15) is 16.9 Å². The van der Waals surface area contributed by atoms with Crippen LogP contribution in [0.5, 0.6) is 0 Å². The Hall–Kier alpha value is -3.24. The number of hydrogen-bond donors (Lipinski definition) is 1. The first-order valence-electron chi connectivity index (χ1n) is 13.1. The fourth-order valence-corrected chi connectivity index (χ4v) is 6.07. The third-order valence-corrected chi connectivity index (χ3v) is 8.66. The second-order valence-corrected chi connectivity index (χ2v) is 11.7. The number of carboxylic acid groups (broad SMARTS) is 1. The number of halogens is 1. The van der Waals surface area contributed by atoms with Crippen LogP contribution in [0.4, 0.5) is 4.79 Å². The molecule has 1 aliphatic heterocycles. The summed E-state index contributed by atoms with van der Waals surface area (Å²) in [6.07, 6.45) is 2.78. The fourth-order valence-electron chi connectivity index (χ4n) is 4.73. The van der Waals surface area contributed by atoms with Gasteiger partial charge < -0.3 is 14.9 Å². The summed E-state index contributed by atoms with van der Waals surface area (Å²) in [5.41, 5.74) is 3.97. The Morgan fingerprint density at radius 3 is 2.28 bits per heavy atom. The topological polar surface area (TPSA) is 104 Å². The van der Waals surface area contributed by atoms with Crippen molar-refractivity contribution in [3.8, 4) is 5.00 Å². The number of aryl methyl sites for hydroxylation is 2. The lowest BCUT2D eigenvalue weighted by Gasteiger charge is -2.20. The number of unbranched alkanes of at least 4 members (excludes halogenated alkanes) is 3. The number of thiophene rings is 1. The van der Waals surface area contributed by atoms with Crippen molar-refractivity contribution in [3.05, 3.63) is 62.5 Å². The van der Waals surface area contributed by atoms with Gasteiger partial charge in [-0.1, -0.05) is 36.6 Å². The molecule has 39 heavy (non-hydrogen) atoms. The lowest BCUT2D eigenvalue weighted by Crippen LogP contribution is -2.29. The highest BCUT2D eigenvalue weighted by Gasteiger charge is 2.32. The lowest BCUT2D eigenvalue weighted by molar-refractivity contribution is -0.130. The monoisotopic (exact) mass is 570 g/mol. The summed E-state index contributed by atoms with van der Waals surface area (Å²) in [5.74, 6) is 1.43. The number of aliphatic imine (C=N–C) groups is 1. The van der Waals surface area contributed by atoms with Crippen LogP contribution in [0.15, 0.2) is 29.3 Å². The normalized spacial score (nSPS) is 14.3. The lowest BCUT2D eigenvalue weighted by atomic mass is 9.99. The molecule has 1 N–H and O–H groups in total. The first-order chi connectivity index (χ1) is 18.6. The number of rotatable bonds is 10. The van der Waals surface area contributed by atoms with E-state index in [1.807, 2.05) is 38.2 Å². The van der Waals surface area contributed by atoms with Crippen LogP contribution in [0.1, 0.15) is 71.4 Å². The number of nitrogens with zero attached hydrogens (tertiary/aromatic N) is 6. The Kier molecular flexibility index (Phi) is 9.07. The Morgan fingerprint density at radius 1 is 1.00 bits per heavy atom. The highest BCUT2D eigenvalue weighted by molar-refractivity contribution is 7.15. The standard InChI is InChI=1S/C28H35ClN6O3S/c1-17-18(2)39-27-24(17)25(20-10-12-21(29)13-11-20)30-22(26-32-31-19(3)35(26)27)16-23(36)33(4)14-8-6-7-9-15-34(5)28(37)38/h10-13,22H,6-9,14-16H2,1-5H3,(H,37,38)/t22-/m0/s1. The van der Waals surface area contributed by atoms with E-state index in [2.05, 4.69) is 28.6 Å².